The Bertz CT molecular complexity index is 344. The predicted molar refractivity (Wildman–Crippen MR) is 67.3 cm³/mol. The summed E-state index contributed by atoms with van der Waals surface area (Å²) in [4.78, 5) is 11.9. The van der Waals surface area contributed by atoms with Gasteiger partial charge in [-0.2, -0.15) is 13.2 Å². The van der Waals surface area contributed by atoms with Crippen molar-refractivity contribution in [2.45, 2.75) is 70.0 Å². The van der Waals surface area contributed by atoms with Crippen LogP contribution in [0.3, 0.4) is 0 Å². The van der Waals surface area contributed by atoms with Crippen molar-refractivity contribution >= 4 is 5.97 Å². The fraction of sp³-hybridized carbons (Fsp3) is 0.923. The largest absolute Gasteiger partial charge is 0.468 e. The Kier molecular flexibility index (Phi) is 5.43. The van der Waals surface area contributed by atoms with Crippen LogP contribution >= 0.6 is 0 Å². The van der Waals surface area contributed by atoms with E-state index in [1.165, 1.54) is 14.0 Å². The lowest BCUT2D eigenvalue weighted by atomic mass is 9.94. The van der Waals surface area contributed by atoms with Crippen LogP contribution in [0, 0.1) is 0 Å². The van der Waals surface area contributed by atoms with Crippen LogP contribution in [0.5, 0.6) is 0 Å². The number of halogens is 3. The predicted octanol–water partition coefficient (Wildman–Crippen LogP) is 2.42. The van der Waals surface area contributed by atoms with E-state index in [1.54, 1.807) is 6.92 Å². The van der Waals surface area contributed by atoms with Gasteiger partial charge in [-0.25, -0.2) is 0 Å². The van der Waals surface area contributed by atoms with Crippen LogP contribution in [0.4, 0.5) is 13.2 Å². The molecule has 1 fully saturated rings. The lowest BCUT2D eigenvalue weighted by Crippen LogP contribution is -2.53. The third-order valence-electron chi connectivity index (χ3n) is 3.33. The standard InChI is InChI=1S/C13H22F3NO3/c1-8(20-9(2)13(14,15)16)7-12(3,11(18)19-4)17-10-5-6-10/h8-10,17H,5-7H2,1-4H3. The van der Waals surface area contributed by atoms with Gasteiger partial charge < -0.3 is 9.47 Å². The summed E-state index contributed by atoms with van der Waals surface area (Å²) in [6.07, 6.45) is -4.94. The quantitative estimate of drug-likeness (QED) is 0.733. The smallest absolute Gasteiger partial charge is 0.414 e. The van der Waals surface area contributed by atoms with Crippen LogP contribution in [-0.2, 0) is 14.3 Å². The molecule has 0 aromatic carbocycles. The molecule has 0 amide bonds. The van der Waals surface area contributed by atoms with Gasteiger partial charge >= 0.3 is 12.1 Å². The second kappa shape index (κ2) is 6.30. The molecule has 0 spiro atoms. The SMILES string of the molecule is COC(=O)C(C)(CC(C)OC(C)C(F)(F)F)NC1CC1. The molecule has 3 unspecified atom stereocenters. The fourth-order valence-corrected chi connectivity index (χ4v) is 2.15. The number of carbonyl (C=O) groups is 1. The molecule has 0 aromatic rings. The lowest BCUT2D eigenvalue weighted by Gasteiger charge is -2.32. The maximum Gasteiger partial charge on any atom is 0.414 e. The molecular weight excluding hydrogens is 275 g/mol. The fourth-order valence-electron chi connectivity index (χ4n) is 2.15. The van der Waals surface area contributed by atoms with Crippen molar-refractivity contribution in [3.8, 4) is 0 Å². The summed E-state index contributed by atoms with van der Waals surface area (Å²) < 4.78 is 47.0. The highest BCUT2D eigenvalue weighted by molar-refractivity contribution is 5.80. The second-order valence-electron chi connectivity index (χ2n) is 5.58. The average molecular weight is 297 g/mol. The van der Waals surface area contributed by atoms with Crippen molar-refractivity contribution in [2.24, 2.45) is 0 Å². The van der Waals surface area contributed by atoms with Gasteiger partial charge in [-0.15, -0.1) is 0 Å². The number of hydrogen-bond donors (Lipinski definition) is 1. The Hall–Kier alpha value is -0.820. The molecule has 0 aromatic heterocycles. The molecule has 1 saturated carbocycles. The zero-order valence-corrected chi connectivity index (χ0v) is 12.2. The Balaban J connectivity index is 2.62. The highest BCUT2D eigenvalue weighted by atomic mass is 19.4. The molecule has 1 aliphatic carbocycles. The Morgan fingerprint density at radius 1 is 1.35 bits per heavy atom. The summed E-state index contributed by atoms with van der Waals surface area (Å²) in [5, 5.41) is 3.13. The van der Waals surface area contributed by atoms with Crippen LogP contribution in [0.1, 0.15) is 40.0 Å². The molecule has 3 atom stereocenters. The first-order valence-electron chi connectivity index (χ1n) is 6.67. The van der Waals surface area contributed by atoms with E-state index in [1.807, 2.05) is 0 Å². The summed E-state index contributed by atoms with van der Waals surface area (Å²) in [5.41, 5.74) is -1.03. The van der Waals surface area contributed by atoms with Crippen LogP contribution in [0.2, 0.25) is 0 Å². The number of carbonyl (C=O) groups excluding carboxylic acids is 1. The molecule has 20 heavy (non-hydrogen) atoms. The Labute approximate surface area is 117 Å². The van der Waals surface area contributed by atoms with E-state index >= 15 is 0 Å². The van der Waals surface area contributed by atoms with Crippen molar-refractivity contribution in [3.63, 3.8) is 0 Å². The van der Waals surface area contributed by atoms with E-state index in [9.17, 15) is 18.0 Å². The molecule has 4 nitrogen and oxygen atoms in total. The molecule has 0 bridgehead atoms. The highest BCUT2D eigenvalue weighted by Gasteiger charge is 2.43. The number of esters is 1. The van der Waals surface area contributed by atoms with Crippen LogP contribution in [0.25, 0.3) is 0 Å². The van der Waals surface area contributed by atoms with Crippen LogP contribution in [-0.4, -0.2) is 43.0 Å². The molecule has 1 aliphatic rings. The third-order valence-corrected chi connectivity index (χ3v) is 3.33. The number of alkyl halides is 3. The first-order chi connectivity index (χ1) is 9.08. The summed E-state index contributed by atoms with van der Waals surface area (Å²) in [6, 6.07) is 0.228. The van der Waals surface area contributed by atoms with Crippen molar-refractivity contribution in [2.75, 3.05) is 7.11 Å². The Morgan fingerprint density at radius 3 is 2.30 bits per heavy atom. The zero-order chi connectivity index (χ0) is 15.6. The van der Waals surface area contributed by atoms with Gasteiger partial charge in [0.15, 0.2) is 6.10 Å². The minimum Gasteiger partial charge on any atom is -0.468 e. The molecule has 1 rings (SSSR count). The molecule has 0 saturated heterocycles. The van der Waals surface area contributed by atoms with Crippen molar-refractivity contribution in [3.05, 3.63) is 0 Å². The molecule has 0 aliphatic heterocycles. The first kappa shape index (κ1) is 17.2. The maximum absolute atomic E-state index is 12.5. The maximum atomic E-state index is 12.5. The number of methoxy groups -OCH3 is 1. The molecule has 118 valence electrons. The molecule has 0 radical (unpaired) electrons. The molecule has 7 heteroatoms. The molecule has 1 N–H and O–H groups in total. The number of ether oxygens (including phenoxy) is 2. The van der Waals surface area contributed by atoms with Crippen LogP contribution in [0.15, 0.2) is 0 Å². The summed E-state index contributed by atoms with van der Waals surface area (Å²) in [7, 11) is 1.26. The summed E-state index contributed by atoms with van der Waals surface area (Å²) >= 11 is 0. The van der Waals surface area contributed by atoms with E-state index in [0.717, 1.165) is 19.8 Å². The Morgan fingerprint density at radius 2 is 1.90 bits per heavy atom. The third kappa shape index (κ3) is 4.94. The van der Waals surface area contributed by atoms with E-state index in [2.05, 4.69) is 5.32 Å². The van der Waals surface area contributed by atoms with Gasteiger partial charge in [0.25, 0.3) is 0 Å². The average Bonchev–Trinajstić information content (AvgIpc) is 3.09. The van der Waals surface area contributed by atoms with E-state index in [0.29, 0.717) is 0 Å². The monoisotopic (exact) mass is 297 g/mol. The van der Waals surface area contributed by atoms with Gasteiger partial charge in [0.2, 0.25) is 0 Å². The van der Waals surface area contributed by atoms with Gasteiger partial charge in [-0.3, -0.25) is 10.1 Å². The van der Waals surface area contributed by atoms with E-state index in [4.69, 9.17) is 9.47 Å². The van der Waals surface area contributed by atoms with Gasteiger partial charge in [0.1, 0.15) is 5.54 Å². The summed E-state index contributed by atoms with van der Waals surface area (Å²) in [5.74, 6) is -0.487. The van der Waals surface area contributed by atoms with E-state index < -0.39 is 29.9 Å². The highest BCUT2D eigenvalue weighted by Crippen LogP contribution is 2.28. The van der Waals surface area contributed by atoms with Crippen LogP contribution < -0.4 is 5.32 Å². The number of hydrogen-bond acceptors (Lipinski definition) is 4. The normalized spacial score (nSPS) is 21.9. The van der Waals surface area contributed by atoms with Gasteiger partial charge in [0.05, 0.1) is 13.2 Å². The minimum absolute atomic E-state index is 0.122. The lowest BCUT2D eigenvalue weighted by molar-refractivity contribution is -0.226. The van der Waals surface area contributed by atoms with Crippen molar-refractivity contribution in [1.29, 1.82) is 0 Å². The van der Waals surface area contributed by atoms with Gasteiger partial charge in [-0.1, -0.05) is 0 Å². The van der Waals surface area contributed by atoms with Crippen molar-refractivity contribution in [1.82, 2.24) is 5.32 Å². The second-order valence-corrected chi connectivity index (χ2v) is 5.58. The zero-order valence-electron chi connectivity index (χ0n) is 12.2. The minimum atomic E-state index is -4.40. The summed E-state index contributed by atoms with van der Waals surface area (Å²) in [6.45, 7) is 4.12. The first-order valence-corrected chi connectivity index (χ1v) is 6.67. The number of nitrogens with one attached hydrogen (secondary N) is 1. The van der Waals surface area contributed by atoms with Gasteiger partial charge in [-0.05, 0) is 33.6 Å². The van der Waals surface area contributed by atoms with E-state index in [-0.39, 0.29) is 12.5 Å². The molecular formula is C13H22F3NO3. The number of rotatable bonds is 7. The van der Waals surface area contributed by atoms with Gasteiger partial charge in [0, 0.05) is 12.5 Å². The van der Waals surface area contributed by atoms with Crippen molar-refractivity contribution < 1.29 is 27.4 Å². The topological polar surface area (TPSA) is 47.6 Å². The molecule has 0 heterocycles.